The average Bonchev–Trinajstić information content (AvgIpc) is 3.20. The third-order valence-electron chi connectivity index (χ3n) is 5.49. The molecule has 0 bridgehead atoms. The van der Waals surface area contributed by atoms with Gasteiger partial charge in [0.05, 0.1) is 5.94 Å². The minimum absolute atomic E-state index is 0.263. The van der Waals surface area contributed by atoms with E-state index in [1.807, 2.05) is 18.2 Å². The molecule has 0 aromatic heterocycles. The van der Waals surface area contributed by atoms with Gasteiger partial charge >= 0.3 is 7.12 Å². The van der Waals surface area contributed by atoms with Gasteiger partial charge in [0.2, 0.25) is 11.8 Å². The van der Waals surface area contributed by atoms with Gasteiger partial charge in [0.1, 0.15) is 5.41 Å². The van der Waals surface area contributed by atoms with Gasteiger partial charge in [0.25, 0.3) is 0 Å². The molecule has 0 saturated heterocycles. The minimum atomic E-state index is -1.68. The lowest BCUT2D eigenvalue weighted by Gasteiger charge is -2.29. The molecule has 1 atom stereocenters. The summed E-state index contributed by atoms with van der Waals surface area (Å²) in [4.78, 5) is 25.8. The molecule has 8 heteroatoms. The lowest BCUT2D eigenvalue weighted by atomic mass is 9.75. The molecule has 1 aromatic carbocycles. The van der Waals surface area contributed by atoms with Crippen molar-refractivity contribution in [3.8, 4) is 0 Å². The van der Waals surface area contributed by atoms with Crippen LogP contribution >= 0.6 is 0 Å². The molecule has 6 N–H and O–H groups in total. The van der Waals surface area contributed by atoms with Crippen LogP contribution in [-0.2, 0) is 16.0 Å². The number of nitrogens with two attached hydrogens (primary N) is 1. The van der Waals surface area contributed by atoms with Crippen LogP contribution in [0.4, 0.5) is 0 Å². The van der Waals surface area contributed by atoms with Crippen LogP contribution in [0.5, 0.6) is 0 Å². The van der Waals surface area contributed by atoms with Crippen molar-refractivity contribution >= 4 is 18.9 Å². The van der Waals surface area contributed by atoms with Crippen LogP contribution in [0, 0.1) is 5.41 Å². The zero-order chi connectivity index (χ0) is 20.4. The molecular formula is C20H32BN3O4. The molecule has 2 rings (SSSR count). The molecule has 0 aliphatic heterocycles. The topological polar surface area (TPSA) is 125 Å². The number of hydrogen-bond donors (Lipinski definition) is 5. The van der Waals surface area contributed by atoms with Gasteiger partial charge in [-0.25, -0.2) is 0 Å². The molecule has 2 amide bonds. The molecule has 1 aromatic rings. The number of rotatable bonds is 11. The first-order valence-corrected chi connectivity index (χ1v) is 10.2. The second-order valence-corrected chi connectivity index (χ2v) is 7.56. The fourth-order valence-electron chi connectivity index (χ4n) is 3.78. The Morgan fingerprint density at radius 1 is 1.11 bits per heavy atom. The first-order valence-electron chi connectivity index (χ1n) is 10.2. The molecule has 154 valence electrons. The summed E-state index contributed by atoms with van der Waals surface area (Å²) in [5, 5.41) is 24.7. The minimum Gasteiger partial charge on any atom is -0.426 e. The lowest BCUT2D eigenvalue weighted by Crippen LogP contribution is -2.55. The standard InChI is InChI=1S/C20H32BN3O4/c22-14-6-11-17(21(27)28)24-19(26)20(12-4-5-13-20)18(25)23-15-7-10-16-8-2-1-3-9-16/h1-3,8-9,17,27-28H,4-7,10-15,22H2,(H,23,25)(H,24,26). The third kappa shape index (κ3) is 6.05. The summed E-state index contributed by atoms with van der Waals surface area (Å²) in [6, 6.07) is 10.0. The Kier molecular flexibility index (Phi) is 8.95. The van der Waals surface area contributed by atoms with Gasteiger partial charge in [-0.3, -0.25) is 9.59 Å². The first kappa shape index (κ1) is 22.4. The number of carbonyl (C=O) groups excluding carboxylic acids is 2. The van der Waals surface area contributed by atoms with Crippen molar-refractivity contribution < 1.29 is 19.6 Å². The van der Waals surface area contributed by atoms with Crippen LogP contribution in [0.25, 0.3) is 0 Å². The zero-order valence-corrected chi connectivity index (χ0v) is 16.4. The van der Waals surface area contributed by atoms with Gasteiger partial charge in [-0.2, -0.15) is 0 Å². The van der Waals surface area contributed by atoms with Crippen molar-refractivity contribution in [3.63, 3.8) is 0 Å². The predicted molar refractivity (Wildman–Crippen MR) is 109 cm³/mol. The molecule has 7 nitrogen and oxygen atoms in total. The number of aryl methyl sites for hydroxylation is 1. The van der Waals surface area contributed by atoms with Crippen molar-refractivity contribution in [1.29, 1.82) is 0 Å². The van der Waals surface area contributed by atoms with Crippen molar-refractivity contribution in [3.05, 3.63) is 35.9 Å². The SMILES string of the molecule is NCCCC(NC(=O)C1(C(=O)NCCCc2ccccc2)CCCC1)B(O)O. The summed E-state index contributed by atoms with van der Waals surface area (Å²) in [6.07, 6.45) is 5.14. The van der Waals surface area contributed by atoms with Gasteiger partial charge in [0, 0.05) is 6.54 Å². The Morgan fingerprint density at radius 2 is 1.79 bits per heavy atom. The second-order valence-electron chi connectivity index (χ2n) is 7.56. The molecule has 1 saturated carbocycles. The van der Waals surface area contributed by atoms with E-state index in [0.29, 0.717) is 38.8 Å². The van der Waals surface area contributed by atoms with E-state index in [-0.39, 0.29) is 5.91 Å². The van der Waals surface area contributed by atoms with E-state index in [4.69, 9.17) is 5.73 Å². The smallest absolute Gasteiger partial charge is 0.426 e. The van der Waals surface area contributed by atoms with Crippen LogP contribution in [-0.4, -0.2) is 48.0 Å². The number of amides is 2. The van der Waals surface area contributed by atoms with Gasteiger partial charge in [-0.05, 0) is 50.6 Å². The van der Waals surface area contributed by atoms with Gasteiger partial charge < -0.3 is 26.4 Å². The van der Waals surface area contributed by atoms with Crippen molar-refractivity contribution in [2.75, 3.05) is 13.1 Å². The van der Waals surface area contributed by atoms with E-state index >= 15 is 0 Å². The average molecular weight is 389 g/mol. The molecule has 1 fully saturated rings. The highest BCUT2D eigenvalue weighted by molar-refractivity contribution is 6.43. The molecule has 1 unspecified atom stereocenters. The van der Waals surface area contributed by atoms with Crippen LogP contribution in [0.3, 0.4) is 0 Å². The summed E-state index contributed by atoms with van der Waals surface area (Å²) < 4.78 is 0. The first-order chi connectivity index (χ1) is 13.5. The number of carbonyl (C=O) groups is 2. The summed E-state index contributed by atoms with van der Waals surface area (Å²) in [6.45, 7) is 0.897. The molecule has 0 spiro atoms. The van der Waals surface area contributed by atoms with E-state index in [9.17, 15) is 19.6 Å². The summed E-state index contributed by atoms with van der Waals surface area (Å²) in [5.74, 6) is -1.50. The largest absolute Gasteiger partial charge is 0.475 e. The maximum atomic E-state index is 12.9. The van der Waals surface area contributed by atoms with Crippen LogP contribution < -0.4 is 16.4 Å². The predicted octanol–water partition coefficient (Wildman–Crippen LogP) is 0.532. The monoisotopic (exact) mass is 389 g/mol. The van der Waals surface area contributed by atoms with Crippen LogP contribution in [0.1, 0.15) is 50.5 Å². The van der Waals surface area contributed by atoms with Crippen LogP contribution in [0.2, 0.25) is 0 Å². The second kappa shape index (κ2) is 11.2. The van der Waals surface area contributed by atoms with E-state index < -0.39 is 24.4 Å². The Bertz CT molecular complexity index is 621. The van der Waals surface area contributed by atoms with Gasteiger partial charge in [-0.1, -0.05) is 43.2 Å². The van der Waals surface area contributed by atoms with Crippen LogP contribution in [0.15, 0.2) is 30.3 Å². The maximum absolute atomic E-state index is 12.9. The lowest BCUT2D eigenvalue weighted by molar-refractivity contribution is -0.143. The van der Waals surface area contributed by atoms with Crippen molar-refractivity contribution in [1.82, 2.24) is 10.6 Å². The highest BCUT2D eigenvalue weighted by Gasteiger charge is 2.48. The summed E-state index contributed by atoms with van der Waals surface area (Å²) >= 11 is 0. The Balaban J connectivity index is 1.91. The molecule has 0 radical (unpaired) electrons. The highest BCUT2D eigenvalue weighted by Crippen LogP contribution is 2.38. The number of hydrogen-bond acceptors (Lipinski definition) is 5. The number of nitrogens with one attached hydrogen (secondary N) is 2. The molecule has 1 aliphatic rings. The van der Waals surface area contributed by atoms with Gasteiger partial charge in [-0.15, -0.1) is 0 Å². The normalized spacial score (nSPS) is 16.4. The zero-order valence-electron chi connectivity index (χ0n) is 16.4. The van der Waals surface area contributed by atoms with E-state index in [1.165, 1.54) is 5.56 Å². The number of benzene rings is 1. The quantitative estimate of drug-likeness (QED) is 0.215. The Labute approximate surface area is 167 Å². The molecule has 1 aliphatic carbocycles. The fourth-order valence-corrected chi connectivity index (χ4v) is 3.78. The maximum Gasteiger partial charge on any atom is 0.475 e. The molecule has 0 heterocycles. The third-order valence-corrected chi connectivity index (χ3v) is 5.49. The van der Waals surface area contributed by atoms with E-state index in [1.54, 1.807) is 0 Å². The fraction of sp³-hybridized carbons (Fsp3) is 0.600. The van der Waals surface area contributed by atoms with Crippen molar-refractivity contribution in [2.24, 2.45) is 11.1 Å². The summed E-state index contributed by atoms with van der Waals surface area (Å²) in [5.41, 5.74) is 5.56. The highest BCUT2D eigenvalue weighted by atomic mass is 16.4. The van der Waals surface area contributed by atoms with Crippen molar-refractivity contribution in [2.45, 2.75) is 57.3 Å². The van der Waals surface area contributed by atoms with Gasteiger partial charge in [0.15, 0.2) is 0 Å². The van der Waals surface area contributed by atoms with E-state index in [2.05, 4.69) is 22.8 Å². The van der Waals surface area contributed by atoms with E-state index in [0.717, 1.165) is 25.7 Å². The Morgan fingerprint density at radius 3 is 2.39 bits per heavy atom. The Hall–Kier alpha value is -1.90. The summed E-state index contributed by atoms with van der Waals surface area (Å²) in [7, 11) is -1.68. The molecular weight excluding hydrogens is 357 g/mol. The molecule has 28 heavy (non-hydrogen) atoms.